The fourth-order valence-electron chi connectivity index (χ4n) is 1.36. The molecule has 0 aliphatic heterocycles. The summed E-state index contributed by atoms with van der Waals surface area (Å²) in [5.41, 5.74) is 0. The van der Waals surface area contributed by atoms with Crippen molar-refractivity contribution in [1.82, 2.24) is 0 Å². The van der Waals surface area contributed by atoms with E-state index in [2.05, 4.69) is 0 Å². The first kappa shape index (κ1) is 21.2. The van der Waals surface area contributed by atoms with Crippen LogP contribution in [0.5, 0.6) is 5.75 Å². The monoisotopic (exact) mass is 334 g/mol. The Kier molecular flexibility index (Phi) is 10.1. The van der Waals surface area contributed by atoms with Crippen LogP contribution < -0.4 is 4.74 Å². The third-order valence-electron chi connectivity index (χ3n) is 2.56. The van der Waals surface area contributed by atoms with Gasteiger partial charge in [-0.3, -0.25) is 0 Å². The number of carbonyl (C=O) groups is 1. The molecule has 5 atom stereocenters. The second kappa shape index (κ2) is 10.9. The maximum Gasteiger partial charge on any atom is 0.335 e. The van der Waals surface area contributed by atoms with Gasteiger partial charge in [-0.05, 0) is 19.1 Å². The van der Waals surface area contributed by atoms with Crippen molar-refractivity contribution in [2.45, 2.75) is 37.6 Å². The summed E-state index contributed by atoms with van der Waals surface area (Å²) in [6.07, 6.45) is -8.57. The van der Waals surface area contributed by atoms with Crippen LogP contribution in [0, 0.1) is 0 Å². The van der Waals surface area contributed by atoms with Gasteiger partial charge in [-0.25, -0.2) is 4.79 Å². The predicted octanol–water partition coefficient (Wildman–Crippen LogP) is -2.09. The van der Waals surface area contributed by atoms with Crippen molar-refractivity contribution < 1.29 is 45.3 Å². The van der Waals surface area contributed by atoms with Gasteiger partial charge in [0.1, 0.15) is 24.1 Å². The third kappa shape index (κ3) is 8.45. The van der Waals surface area contributed by atoms with Crippen LogP contribution in [0.1, 0.15) is 6.92 Å². The topological polar surface area (TPSA) is 168 Å². The number of hydrogen-bond donors (Lipinski definition) is 7. The van der Waals surface area contributed by atoms with Crippen molar-refractivity contribution >= 4 is 5.97 Å². The second-order valence-electron chi connectivity index (χ2n) is 4.54. The van der Waals surface area contributed by atoms with Gasteiger partial charge < -0.3 is 40.5 Å². The molecule has 5 unspecified atom stereocenters. The zero-order valence-electron chi connectivity index (χ0n) is 12.4. The SMILES string of the molecule is CC(O)Oc1ccccc1.O=C(O)C(O)C(O)C(O)C(O)CO. The van der Waals surface area contributed by atoms with E-state index in [1.807, 2.05) is 18.2 Å². The highest BCUT2D eigenvalue weighted by Crippen LogP contribution is 2.09. The molecule has 1 aromatic carbocycles. The highest BCUT2D eigenvalue weighted by molar-refractivity contribution is 5.72. The van der Waals surface area contributed by atoms with Gasteiger partial charge in [-0.1, -0.05) is 18.2 Å². The van der Waals surface area contributed by atoms with Crippen molar-refractivity contribution in [3.63, 3.8) is 0 Å². The first-order valence-electron chi connectivity index (χ1n) is 6.66. The van der Waals surface area contributed by atoms with E-state index < -0.39 is 43.3 Å². The van der Waals surface area contributed by atoms with Gasteiger partial charge in [0.15, 0.2) is 12.4 Å². The average molecular weight is 334 g/mol. The Balaban J connectivity index is 0.000000433. The number of aliphatic carboxylic acids is 1. The van der Waals surface area contributed by atoms with Crippen LogP contribution in [0.15, 0.2) is 30.3 Å². The van der Waals surface area contributed by atoms with E-state index in [0.717, 1.165) is 0 Å². The summed E-state index contributed by atoms with van der Waals surface area (Å²) in [5, 5.41) is 60.6. The molecule has 0 saturated carbocycles. The molecular weight excluding hydrogens is 312 g/mol. The molecule has 23 heavy (non-hydrogen) atoms. The molecule has 0 aromatic heterocycles. The van der Waals surface area contributed by atoms with Crippen molar-refractivity contribution in [2.24, 2.45) is 0 Å². The first-order chi connectivity index (χ1) is 10.7. The quantitative estimate of drug-likeness (QED) is 0.276. The lowest BCUT2D eigenvalue weighted by atomic mass is 10.0. The Labute approximate surface area is 132 Å². The number of hydrogen-bond acceptors (Lipinski definition) is 8. The minimum atomic E-state index is -2.20. The van der Waals surface area contributed by atoms with E-state index in [9.17, 15) is 4.79 Å². The van der Waals surface area contributed by atoms with Gasteiger partial charge in [0, 0.05) is 0 Å². The molecule has 7 N–H and O–H groups in total. The second-order valence-corrected chi connectivity index (χ2v) is 4.54. The molecule has 0 aliphatic rings. The Morgan fingerprint density at radius 3 is 1.96 bits per heavy atom. The van der Waals surface area contributed by atoms with Gasteiger partial charge in [-0.2, -0.15) is 0 Å². The summed E-state index contributed by atoms with van der Waals surface area (Å²) < 4.78 is 4.97. The van der Waals surface area contributed by atoms with Crippen molar-refractivity contribution in [1.29, 1.82) is 0 Å². The summed E-state index contributed by atoms with van der Waals surface area (Å²) in [7, 11) is 0. The van der Waals surface area contributed by atoms with Crippen LogP contribution in [-0.2, 0) is 4.79 Å². The van der Waals surface area contributed by atoms with Crippen LogP contribution in [0.3, 0.4) is 0 Å². The molecule has 0 fully saturated rings. The molecule has 0 spiro atoms. The number of aliphatic hydroxyl groups is 6. The molecule has 9 nitrogen and oxygen atoms in total. The zero-order valence-corrected chi connectivity index (χ0v) is 12.4. The predicted molar refractivity (Wildman–Crippen MR) is 77.5 cm³/mol. The maximum atomic E-state index is 10.1. The van der Waals surface area contributed by atoms with Gasteiger partial charge in [0.05, 0.1) is 6.61 Å². The number of carboxylic acid groups (broad SMARTS) is 1. The minimum absolute atomic E-state index is 0.692. The highest BCUT2D eigenvalue weighted by atomic mass is 16.6. The number of carboxylic acids is 1. The lowest BCUT2D eigenvalue weighted by Crippen LogP contribution is -2.48. The van der Waals surface area contributed by atoms with Crippen LogP contribution in [0.2, 0.25) is 0 Å². The summed E-state index contributed by atoms with van der Waals surface area (Å²) in [4.78, 5) is 10.1. The Morgan fingerprint density at radius 2 is 1.57 bits per heavy atom. The molecule has 1 rings (SSSR count). The smallest absolute Gasteiger partial charge is 0.335 e. The van der Waals surface area contributed by atoms with E-state index in [1.165, 1.54) is 0 Å². The largest absolute Gasteiger partial charge is 0.479 e. The Bertz CT molecular complexity index is 437. The molecule has 9 heteroatoms. The summed E-state index contributed by atoms with van der Waals surface area (Å²) in [5.74, 6) is -1.03. The fourth-order valence-corrected chi connectivity index (χ4v) is 1.36. The normalized spacial score (nSPS) is 17.0. The average Bonchev–Trinajstić information content (AvgIpc) is 2.52. The van der Waals surface area contributed by atoms with Gasteiger partial charge in [0.25, 0.3) is 0 Å². The van der Waals surface area contributed by atoms with Crippen LogP contribution in [0.4, 0.5) is 0 Å². The van der Waals surface area contributed by atoms with Gasteiger partial charge in [0.2, 0.25) is 0 Å². The number of rotatable bonds is 7. The molecular formula is C14H22O9. The fraction of sp³-hybridized carbons (Fsp3) is 0.500. The molecule has 132 valence electrons. The highest BCUT2D eigenvalue weighted by Gasteiger charge is 2.33. The third-order valence-corrected chi connectivity index (χ3v) is 2.56. The van der Waals surface area contributed by atoms with Gasteiger partial charge in [-0.15, -0.1) is 0 Å². The summed E-state index contributed by atoms with van der Waals surface area (Å²) in [6, 6.07) is 9.21. The molecule has 0 bridgehead atoms. The lowest BCUT2D eigenvalue weighted by Gasteiger charge is -2.23. The number of ether oxygens (including phenoxy) is 1. The van der Waals surface area contributed by atoms with Crippen molar-refractivity contribution in [3.8, 4) is 5.75 Å². The Morgan fingerprint density at radius 1 is 1.04 bits per heavy atom. The Hall–Kier alpha value is -1.75. The first-order valence-corrected chi connectivity index (χ1v) is 6.66. The standard InChI is InChI=1S/C8H10O2.C6H12O7/c1-7(9)10-8-5-3-2-4-6-8;7-1-2(8)3(9)4(10)5(11)6(12)13/h2-7,9H,1H3;2-5,7-11H,1H2,(H,12,13). The van der Waals surface area contributed by atoms with Crippen LogP contribution in [-0.4, -0.2) is 79.0 Å². The molecule has 0 amide bonds. The molecule has 1 aromatic rings. The zero-order chi connectivity index (χ0) is 18.0. The minimum Gasteiger partial charge on any atom is -0.479 e. The van der Waals surface area contributed by atoms with E-state index in [0.29, 0.717) is 5.75 Å². The molecule has 0 aliphatic carbocycles. The lowest BCUT2D eigenvalue weighted by molar-refractivity contribution is -0.164. The van der Waals surface area contributed by atoms with E-state index in [-0.39, 0.29) is 0 Å². The van der Waals surface area contributed by atoms with Crippen LogP contribution >= 0.6 is 0 Å². The number of benzene rings is 1. The molecule has 0 radical (unpaired) electrons. The maximum absolute atomic E-state index is 10.1. The van der Waals surface area contributed by atoms with Crippen molar-refractivity contribution in [3.05, 3.63) is 30.3 Å². The number of para-hydroxylation sites is 1. The number of aliphatic hydroxyl groups excluding tert-OH is 6. The molecule has 0 saturated heterocycles. The van der Waals surface area contributed by atoms with Crippen molar-refractivity contribution in [2.75, 3.05) is 6.61 Å². The van der Waals surface area contributed by atoms with E-state index >= 15 is 0 Å². The van der Waals surface area contributed by atoms with Gasteiger partial charge >= 0.3 is 5.97 Å². The molecule has 0 heterocycles. The van der Waals surface area contributed by atoms with E-state index in [1.54, 1.807) is 19.1 Å². The van der Waals surface area contributed by atoms with E-state index in [4.69, 9.17) is 40.5 Å². The van der Waals surface area contributed by atoms with Crippen LogP contribution in [0.25, 0.3) is 0 Å². The summed E-state index contributed by atoms with van der Waals surface area (Å²) >= 11 is 0. The summed E-state index contributed by atoms with van der Waals surface area (Å²) in [6.45, 7) is 0.734.